The molecule has 1 saturated heterocycles. The van der Waals surface area contributed by atoms with Gasteiger partial charge in [0.05, 0.1) is 12.6 Å². The first-order valence-electron chi connectivity index (χ1n) is 9.56. The summed E-state index contributed by atoms with van der Waals surface area (Å²) < 4.78 is 10.8. The van der Waals surface area contributed by atoms with Gasteiger partial charge in [0.1, 0.15) is 0 Å². The second-order valence-corrected chi connectivity index (χ2v) is 6.95. The van der Waals surface area contributed by atoms with E-state index in [2.05, 4.69) is 29.6 Å². The fraction of sp³-hybridized carbons (Fsp3) is 0.409. The molecule has 1 fully saturated rings. The van der Waals surface area contributed by atoms with E-state index in [1.54, 1.807) is 7.11 Å². The van der Waals surface area contributed by atoms with E-state index in [-0.39, 0.29) is 30.0 Å². The summed E-state index contributed by atoms with van der Waals surface area (Å²) in [5.74, 6) is 1.04. The fourth-order valence-corrected chi connectivity index (χ4v) is 3.50. The van der Waals surface area contributed by atoms with Gasteiger partial charge in [-0.25, -0.2) is 4.99 Å². The van der Waals surface area contributed by atoms with Gasteiger partial charge in [-0.05, 0) is 36.8 Å². The molecule has 2 aromatic rings. The Kier molecular flexibility index (Phi) is 9.73. The molecule has 6 heteroatoms. The van der Waals surface area contributed by atoms with E-state index >= 15 is 0 Å². The van der Waals surface area contributed by atoms with Crippen LogP contribution in [0.5, 0.6) is 0 Å². The summed E-state index contributed by atoms with van der Waals surface area (Å²) >= 11 is 0. The van der Waals surface area contributed by atoms with Gasteiger partial charge in [-0.2, -0.15) is 0 Å². The van der Waals surface area contributed by atoms with Crippen molar-refractivity contribution in [3.8, 4) is 0 Å². The lowest BCUT2D eigenvalue weighted by Gasteiger charge is -2.25. The van der Waals surface area contributed by atoms with Crippen molar-refractivity contribution in [1.29, 1.82) is 0 Å². The SMILES string of the molecule is COCc1ccccc1NC(N)=NC(CC1CCOCC1)c1ccccc1.I. The van der Waals surface area contributed by atoms with Crippen molar-refractivity contribution in [2.24, 2.45) is 16.6 Å². The van der Waals surface area contributed by atoms with Crippen molar-refractivity contribution in [3.63, 3.8) is 0 Å². The van der Waals surface area contributed by atoms with Gasteiger partial charge in [-0.1, -0.05) is 48.5 Å². The molecule has 0 spiro atoms. The molecular formula is C22H30IN3O2. The Morgan fingerprint density at radius 3 is 2.54 bits per heavy atom. The molecule has 28 heavy (non-hydrogen) atoms. The third kappa shape index (κ3) is 6.76. The van der Waals surface area contributed by atoms with Crippen LogP contribution in [-0.4, -0.2) is 26.3 Å². The van der Waals surface area contributed by atoms with Gasteiger partial charge in [0.2, 0.25) is 0 Å². The molecular weight excluding hydrogens is 465 g/mol. The summed E-state index contributed by atoms with van der Waals surface area (Å²) in [6, 6.07) is 18.4. The topological polar surface area (TPSA) is 68.9 Å². The summed E-state index contributed by atoms with van der Waals surface area (Å²) in [4.78, 5) is 4.84. The van der Waals surface area contributed by atoms with Crippen molar-refractivity contribution in [1.82, 2.24) is 0 Å². The summed E-state index contributed by atoms with van der Waals surface area (Å²) in [6.07, 6.45) is 3.15. The Hall–Kier alpha value is -1.64. The number of nitrogens with one attached hydrogen (secondary N) is 1. The van der Waals surface area contributed by atoms with Crippen LogP contribution in [0.2, 0.25) is 0 Å². The quantitative estimate of drug-likeness (QED) is 0.331. The number of hydrogen-bond acceptors (Lipinski definition) is 3. The summed E-state index contributed by atoms with van der Waals surface area (Å²) in [5.41, 5.74) is 9.46. The van der Waals surface area contributed by atoms with E-state index in [4.69, 9.17) is 20.2 Å². The molecule has 0 amide bonds. The lowest BCUT2D eigenvalue weighted by atomic mass is 9.90. The maximum absolute atomic E-state index is 6.29. The molecule has 1 aliphatic heterocycles. The molecule has 0 saturated carbocycles. The predicted molar refractivity (Wildman–Crippen MR) is 125 cm³/mol. The summed E-state index contributed by atoms with van der Waals surface area (Å²) in [7, 11) is 1.69. The molecule has 3 N–H and O–H groups in total. The van der Waals surface area contributed by atoms with Gasteiger partial charge in [0.25, 0.3) is 0 Å². The monoisotopic (exact) mass is 495 g/mol. The maximum Gasteiger partial charge on any atom is 0.193 e. The van der Waals surface area contributed by atoms with Crippen LogP contribution in [0.15, 0.2) is 59.6 Å². The van der Waals surface area contributed by atoms with Crippen LogP contribution in [0.3, 0.4) is 0 Å². The first-order chi connectivity index (χ1) is 13.3. The third-order valence-corrected chi connectivity index (χ3v) is 4.96. The highest BCUT2D eigenvalue weighted by Crippen LogP contribution is 2.30. The molecule has 1 atom stereocenters. The van der Waals surface area contributed by atoms with Crippen LogP contribution in [-0.2, 0) is 16.1 Å². The average Bonchev–Trinajstić information content (AvgIpc) is 2.71. The number of nitrogens with two attached hydrogens (primary N) is 1. The van der Waals surface area contributed by atoms with E-state index < -0.39 is 0 Å². The lowest BCUT2D eigenvalue weighted by Crippen LogP contribution is -2.25. The number of nitrogens with zero attached hydrogens (tertiary/aromatic N) is 1. The van der Waals surface area contributed by atoms with Crippen molar-refractivity contribution in [2.45, 2.75) is 31.9 Å². The highest BCUT2D eigenvalue weighted by atomic mass is 127. The second kappa shape index (κ2) is 12.0. The number of methoxy groups -OCH3 is 1. The van der Waals surface area contributed by atoms with Crippen LogP contribution in [0.1, 0.15) is 36.4 Å². The van der Waals surface area contributed by atoms with Crippen molar-refractivity contribution >= 4 is 35.6 Å². The highest BCUT2D eigenvalue weighted by molar-refractivity contribution is 14.0. The number of ether oxygens (including phenoxy) is 2. The van der Waals surface area contributed by atoms with Crippen molar-refractivity contribution in [2.75, 3.05) is 25.6 Å². The van der Waals surface area contributed by atoms with Gasteiger partial charge < -0.3 is 20.5 Å². The summed E-state index contributed by atoms with van der Waals surface area (Å²) in [6.45, 7) is 2.21. The number of para-hydroxylation sites is 1. The molecule has 3 rings (SSSR count). The number of anilines is 1. The molecule has 2 aromatic carbocycles. The minimum atomic E-state index is 0. The van der Waals surface area contributed by atoms with Crippen molar-refractivity contribution in [3.05, 3.63) is 65.7 Å². The fourth-order valence-electron chi connectivity index (χ4n) is 3.50. The zero-order chi connectivity index (χ0) is 18.9. The van der Waals surface area contributed by atoms with Crippen LogP contribution >= 0.6 is 24.0 Å². The standard InChI is InChI=1S/C22H29N3O2.HI/c1-26-16-19-9-5-6-10-20(19)24-22(23)25-21(18-7-3-2-4-8-18)15-17-11-13-27-14-12-17;/h2-10,17,21H,11-16H2,1H3,(H3,23,24,25);1H. The van der Waals surface area contributed by atoms with E-state index in [1.165, 1.54) is 5.56 Å². The van der Waals surface area contributed by atoms with Gasteiger partial charge in [0, 0.05) is 31.6 Å². The summed E-state index contributed by atoms with van der Waals surface area (Å²) in [5, 5.41) is 3.26. The number of guanidine groups is 1. The molecule has 0 aliphatic carbocycles. The van der Waals surface area contributed by atoms with Gasteiger partial charge in [0.15, 0.2) is 5.96 Å². The minimum Gasteiger partial charge on any atom is -0.381 e. The van der Waals surface area contributed by atoms with Gasteiger partial charge in [-0.15, -0.1) is 24.0 Å². The van der Waals surface area contributed by atoms with Crippen LogP contribution in [0.25, 0.3) is 0 Å². The number of hydrogen-bond donors (Lipinski definition) is 2. The van der Waals surface area contributed by atoms with Crippen LogP contribution in [0.4, 0.5) is 5.69 Å². The van der Waals surface area contributed by atoms with Crippen LogP contribution < -0.4 is 11.1 Å². The van der Waals surface area contributed by atoms with Gasteiger partial charge >= 0.3 is 0 Å². The Bertz CT molecular complexity index is 734. The average molecular weight is 495 g/mol. The highest BCUT2D eigenvalue weighted by Gasteiger charge is 2.20. The molecule has 5 nitrogen and oxygen atoms in total. The molecule has 152 valence electrons. The largest absolute Gasteiger partial charge is 0.381 e. The number of aliphatic imine (C=N–C) groups is 1. The Labute approximate surface area is 184 Å². The predicted octanol–water partition coefficient (Wildman–Crippen LogP) is 4.74. The van der Waals surface area contributed by atoms with Crippen molar-refractivity contribution < 1.29 is 9.47 Å². The zero-order valence-electron chi connectivity index (χ0n) is 16.3. The lowest BCUT2D eigenvalue weighted by molar-refractivity contribution is 0.0619. The zero-order valence-corrected chi connectivity index (χ0v) is 18.7. The minimum absolute atomic E-state index is 0. The van der Waals surface area contributed by atoms with E-state index in [9.17, 15) is 0 Å². The Morgan fingerprint density at radius 1 is 1.14 bits per heavy atom. The molecule has 1 unspecified atom stereocenters. The van der Waals surface area contributed by atoms with E-state index in [0.717, 1.165) is 43.7 Å². The molecule has 1 heterocycles. The van der Waals surface area contributed by atoms with E-state index in [0.29, 0.717) is 18.5 Å². The number of benzene rings is 2. The maximum atomic E-state index is 6.29. The molecule has 0 radical (unpaired) electrons. The molecule has 0 aromatic heterocycles. The normalized spacial score (nSPS) is 16.2. The van der Waals surface area contributed by atoms with Crippen LogP contribution in [0, 0.1) is 5.92 Å². The van der Waals surface area contributed by atoms with Gasteiger partial charge in [-0.3, -0.25) is 0 Å². The first kappa shape index (κ1) is 22.6. The Morgan fingerprint density at radius 2 is 1.82 bits per heavy atom. The Balaban J connectivity index is 0.00000280. The number of halogens is 1. The second-order valence-electron chi connectivity index (χ2n) is 6.95. The molecule has 1 aliphatic rings. The third-order valence-electron chi connectivity index (χ3n) is 4.96. The smallest absolute Gasteiger partial charge is 0.193 e. The van der Waals surface area contributed by atoms with E-state index in [1.807, 2.05) is 30.3 Å². The number of rotatable bonds is 7. The molecule has 0 bridgehead atoms. The first-order valence-corrected chi connectivity index (χ1v) is 9.56.